The lowest BCUT2D eigenvalue weighted by atomic mass is 10.0. The van der Waals surface area contributed by atoms with Gasteiger partial charge in [-0.05, 0) is 48.9 Å². The predicted molar refractivity (Wildman–Crippen MR) is 114 cm³/mol. The van der Waals surface area contributed by atoms with Crippen LogP contribution in [0.3, 0.4) is 0 Å². The third-order valence-electron chi connectivity index (χ3n) is 4.57. The number of nitrogens with zero attached hydrogens (tertiary/aromatic N) is 1. The zero-order valence-corrected chi connectivity index (χ0v) is 16.5. The molecule has 3 N–H and O–H groups in total. The van der Waals surface area contributed by atoms with Crippen LogP contribution in [0.1, 0.15) is 27.8 Å². The Morgan fingerprint density at radius 3 is 2.71 bits per heavy atom. The van der Waals surface area contributed by atoms with Crippen LogP contribution in [0.4, 0.5) is 15.8 Å². The van der Waals surface area contributed by atoms with Crippen LogP contribution in [0.2, 0.25) is 0 Å². The molecule has 4 rings (SSSR count). The van der Waals surface area contributed by atoms with Crippen molar-refractivity contribution < 1.29 is 23.1 Å². The highest BCUT2D eigenvalue weighted by atomic mass is 19.1. The number of hydrogen-bond acceptors (Lipinski definition) is 6. The SMILES string of the molecule is CCOC(=O)c1oc2cc(-c3cccc(C(=O)Nc4cccc(F)c4)c3)cnc2c1N. The molecule has 2 aromatic heterocycles. The molecular formula is C23H18FN3O4. The number of pyridine rings is 1. The van der Waals surface area contributed by atoms with E-state index in [9.17, 15) is 14.0 Å². The third kappa shape index (κ3) is 4.09. The van der Waals surface area contributed by atoms with Gasteiger partial charge in [-0.2, -0.15) is 0 Å². The summed E-state index contributed by atoms with van der Waals surface area (Å²) in [5.74, 6) is -1.57. The molecule has 0 saturated heterocycles. The Labute approximate surface area is 176 Å². The smallest absolute Gasteiger partial charge is 0.376 e. The fourth-order valence-corrected chi connectivity index (χ4v) is 3.11. The summed E-state index contributed by atoms with van der Waals surface area (Å²) in [6.45, 7) is 1.88. The normalized spacial score (nSPS) is 10.8. The molecule has 0 bridgehead atoms. The number of rotatable bonds is 5. The molecule has 0 aliphatic heterocycles. The number of anilines is 2. The minimum Gasteiger partial charge on any atom is -0.460 e. The minimum atomic E-state index is -0.657. The van der Waals surface area contributed by atoms with Gasteiger partial charge in [0.25, 0.3) is 5.91 Å². The van der Waals surface area contributed by atoms with Crippen molar-refractivity contribution in [2.24, 2.45) is 0 Å². The summed E-state index contributed by atoms with van der Waals surface area (Å²) in [7, 11) is 0. The number of amides is 1. The molecule has 0 spiro atoms. The van der Waals surface area contributed by atoms with E-state index in [-0.39, 0.29) is 24.0 Å². The van der Waals surface area contributed by atoms with Gasteiger partial charge in [0, 0.05) is 23.0 Å². The standard InChI is InChI=1S/C23H18FN3O4/c1-2-30-23(29)21-19(25)20-18(31-21)10-15(12-26-20)13-5-3-6-14(9-13)22(28)27-17-8-4-7-16(24)11-17/h3-12H,2,25H2,1H3,(H,27,28). The van der Waals surface area contributed by atoms with Gasteiger partial charge >= 0.3 is 5.97 Å². The van der Waals surface area contributed by atoms with Crippen LogP contribution in [0.15, 0.2) is 65.2 Å². The molecule has 0 radical (unpaired) electrons. The van der Waals surface area contributed by atoms with Crippen molar-refractivity contribution in [1.29, 1.82) is 0 Å². The fourth-order valence-electron chi connectivity index (χ4n) is 3.11. The van der Waals surface area contributed by atoms with E-state index < -0.39 is 11.8 Å². The van der Waals surface area contributed by atoms with E-state index in [1.165, 1.54) is 18.2 Å². The van der Waals surface area contributed by atoms with Crippen molar-refractivity contribution in [3.05, 3.63) is 77.9 Å². The van der Waals surface area contributed by atoms with Crippen LogP contribution in [0.5, 0.6) is 0 Å². The molecule has 0 saturated carbocycles. The number of benzene rings is 2. The molecule has 7 nitrogen and oxygen atoms in total. The number of ether oxygens (including phenoxy) is 1. The highest BCUT2D eigenvalue weighted by Gasteiger charge is 2.21. The number of nitrogen functional groups attached to an aromatic ring is 1. The lowest BCUT2D eigenvalue weighted by Crippen LogP contribution is -2.11. The van der Waals surface area contributed by atoms with Crippen molar-refractivity contribution in [2.45, 2.75) is 6.92 Å². The number of carbonyl (C=O) groups excluding carboxylic acids is 2. The molecule has 31 heavy (non-hydrogen) atoms. The summed E-state index contributed by atoms with van der Waals surface area (Å²) in [6, 6.07) is 14.2. The molecule has 0 atom stereocenters. The van der Waals surface area contributed by atoms with E-state index in [1.807, 2.05) is 0 Å². The number of fused-ring (bicyclic) bond motifs is 1. The zero-order chi connectivity index (χ0) is 22.0. The van der Waals surface area contributed by atoms with Crippen LogP contribution in [0, 0.1) is 5.82 Å². The molecule has 0 aliphatic rings. The van der Waals surface area contributed by atoms with E-state index in [0.717, 1.165) is 0 Å². The number of hydrogen-bond donors (Lipinski definition) is 2. The lowest BCUT2D eigenvalue weighted by molar-refractivity contribution is 0.0494. The Morgan fingerprint density at radius 1 is 1.13 bits per heavy atom. The molecule has 4 aromatic rings. The highest BCUT2D eigenvalue weighted by Crippen LogP contribution is 2.31. The zero-order valence-electron chi connectivity index (χ0n) is 16.5. The van der Waals surface area contributed by atoms with Gasteiger partial charge in [0.2, 0.25) is 5.76 Å². The molecule has 8 heteroatoms. The molecule has 0 aliphatic carbocycles. The van der Waals surface area contributed by atoms with Crippen LogP contribution in [-0.4, -0.2) is 23.5 Å². The number of nitrogens with one attached hydrogen (secondary N) is 1. The van der Waals surface area contributed by atoms with Gasteiger partial charge in [-0.3, -0.25) is 4.79 Å². The second-order valence-corrected chi connectivity index (χ2v) is 6.68. The van der Waals surface area contributed by atoms with Gasteiger partial charge < -0.3 is 20.2 Å². The maximum Gasteiger partial charge on any atom is 0.376 e. The first-order valence-electron chi connectivity index (χ1n) is 9.48. The number of carbonyl (C=O) groups is 2. The van der Waals surface area contributed by atoms with E-state index >= 15 is 0 Å². The Morgan fingerprint density at radius 2 is 1.94 bits per heavy atom. The largest absolute Gasteiger partial charge is 0.460 e. The fraction of sp³-hybridized carbons (Fsp3) is 0.0870. The van der Waals surface area contributed by atoms with Crippen LogP contribution >= 0.6 is 0 Å². The Kier molecular flexibility index (Phi) is 5.36. The maximum absolute atomic E-state index is 13.4. The number of furan rings is 1. The second kappa shape index (κ2) is 8.27. The van der Waals surface area contributed by atoms with Crippen LogP contribution < -0.4 is 11.1 Å². The number of aromatic nitrogens is 1. The quantitative estimate of drug-likeness (QED) is 0.456. The Bertz CT molecular complexity index is 1300. The van der Waals surface area contributed by atoms with Crippen molar-refractivity contribution in [1.82, 2.24) is 4.98 Å². The molecule has 2 aromatic carbocycles. The Hall–Kier alpha value is -4.20. The summed E-state index contributed by atoms with van der Waals surface area (Å²) in [4.78, 5) is 28.9. The molecule has 2 heterocycles. The average molecular weight is 419 g/mol. The lowest BCUT2D eigenvalue weighted by Gasteiger charge is -2.07. The van der Waals surface area contributed by atoms with Gasteiger partial charge in [-0.1, -0.05) is 18.2 Å². The highest BCUT2D eigenvalue weighted by molar-refractivity contribution is 6.05. The van der Waals surface area contributed by atoms with Gasteiger partial charge in [-0.15, -0.1) is 0 Å². The number of nitrogens with two attached hydrogens (primary N) is 1. The van der Waals surface area contributed by atoms with Gasteiger partial charge in [-0.25, -0.2) is 14.2 Å². The first-order chi connectivity index (χ1) is 15.0. The first kappa shape index (κ1) is 20.1. The van der Waals surface area contributed by atoms with Crippen LogP contribution in [-0.2, 0) is 4.74 Å². The molecule has 156 valence electrons. The van der Waals surface area contributed by atoms with Gasteiger partial charge in [0.15, 0.2) is 5.58 Å². The summed E-state index contributed by atoms with van der Waals surface area (Å²) < 4.78 is 23.9. The van der Waals surface area contributed by atoms with E-state index in [2.05, 4.69) is 10.3 Å². The summed E-state index contributed by atoms with van der Waals surface area (Å²) >= 11 is 0. The summed E-state index contributed by atoms with van der Waals surface area (Å²) in [6.07, 6.45) is 1.58. The molecule has 0 fully saturated rings. The third-order valence-corrected chi connectivity index (χ3v) is 4.57. The topological polar surface area (TPSA) is 107 Å². The molecular weight excluding hydrogens is 401 g/mol. The maximum atomic E-state index is 13.4. The van der Waals surface area contributed by atoms with E-state index in [4.69, 9.17) is 14.9 Å². The summed E-state index contributed by atoms with van der Waals surface area (Å²) in [5, 5.41) is 2.66. The molecule has 1 amide bonds. The van der Waals surface area contributed by atoms with Crippen molar-refractivity contribution in [2.75, 3.05) is 17.7 Å². The van der Waals surface area contributed by atoms with Gasteiger partial charge in [0.05, 0.1) is 6.61 Å². The van der Waals surface area contributed by atoms with Crippen molar-refractivity contribution >= 4 is 34.4 Å². The van der Waals surface area contributed by atoms with Crippen LogP contribution in [0.25, 0.3) is 22.2 Å². The van der Waals surface area contributed by atoms with Crippen molar-refractivity contribution in [3.63, 3.8) is 0 Å². The van der Waals surface area contributed by atoms with Crippen molar-refractivity contribution in [3.8, 4) is 11.1 Å². The predicted octanol–water partition coefficient (Wildman–Crippen LogP) is 4.65. The van der Waals surface area contributed by atoms with E-state index in [0.29, 0.717) is 33.5 Å². The van der Waals surface area contributed by atoms with Gasteiger partial charge in [0.1, 0.15) is 17.0 Å². The van der Waals surface area contributed by atoms with E-state index in [1.54, 1.807) is 49.5 Å². The second-order valence-electron chi connectivity index (χ2n) is 6.68. The molecule has 0 unspecified atom stereocenters. The first-order valence-corrected chi connectivity index (χ1v) is 9.48. The minimum absolute atomic E-state index is 0.0929. The Balaban J connectivity index is 1.64. The average Bonchev–Trinajstić information content (AvgIpc) is 3.10. The monoisotopic (exact) mass is 419 g/mol. The number of esters is 1. The number of halogens is 1. The summed E-state index contributed by atoms with van der Waals surface area (Å²) in [5.41, 5.74) is 8.87.